The molecule has 0 atom stereocenters. The summed E-state index contributed by atoms with van der Waals surface area (Å²) in [6, 6.07) is 0. The highest BCUT2D eigenvalue weighted by Gasteiger charge is 2.13. The summed E-state index contributed by atoms with van der Waals surface area (Å²) < 4.78 is 0. The fourth-order valence-electron chi connectivity index (χ4n) is 1.38. The monoisotopic (exact) mass is 143 g/mol. The number of rotatable bonds is 2. The second-order valence-electron chi connectivity index (χ2n) is 2.83. The van der Waals surface area contributed by atoms with Gasteiger partial charge in [0.25, 0.3) is 0 Å². The van der Waals surface area contributed by atoms with Gasteiger partial charge in [-0.15, -0.1) is 0 Å². The molecule has 0 aromatic rings. The van der Waals surface area contributed by atoms with E-state index in [4.69, 9.17) is 5.73 Å². The quantitative estimate of drug-likeness (QED) is 0.585. The van der Waals surface area contributed by atoms with E-state index in [1.807, 2.05) is 0 Å². The third-order valence-corrected chi connectivity index (χ3v) is 2.02. The first-order valence-electron chi connectivity index (χ1n) is 4.00. The summed E-state index contributed by atoms with van der Waals surface area (Å²) in [4.78, 5) is 0. The lowest BCUT2D eigenvalue weighted by atomic mass is 10.2. The number of nitrogens with two attached hydrogens (primary N) is 1. The molecule has 3 heteroatoms. The zero-order chi connectivity index (χ0) is 7.40. The number of hydrogen-bond donors (Lipinski definition) is 1. The molecule has 0 amide bonds. The molecule has 0 aromatic carbocycles. The van der Waals surface area contributed by atoms with E-state index in [-0.39, 0.29) is 0 Å². The van der Waals surface area contributed by atoms with E-state index >= 15 is 0 Å². The van der Waals surface area contributed by atoms with Gasteiger partial charge >= 0.3 is 0 Å². The first-order valence-corrected chi connectivity index (χ1v) is 4.00. The van der Waals surface area contributed by atoms with Crippen LogP contribution in [-0.2, 0) is 0 Å². The Hall–Kier alpha value is -0.120. The van der Waals surface area contributed by atoms with Crippen LogP contribution in [0.5, 0.6) is 0 Å². The molecular weight excluding hydrogens is 126 g/mol. The Morgan fingerprint density at radius 1 is 1.30 bits per heavy atom. The van der Waals surface area contributed by atoms with Crippen LogP contribution < -0.4 is 5.73 Å². The van der Waals surface area contributed by atoms with E-state index in [2.05, 4.69) is 17.1 Å². The van der Waals surface area contributed by atoms with Crippen molar-refractivity contribution in [3.05, 3.63) is 0 Å². The normalized spacial score (nSPS) is 23.4. The van der Waals surface area contributed by atoms with Crippen molar-refractivity contribution >= 4 is 0 Å². The molecule has 0 unspecified atom stereocenters. The van der Waals surface area contributed by atoms with Gasteiger partial charge in [-0.3, -0.25) is 0 Å². The first kappa shape index (κ1) is 7.98. The number of hydrazine groups is 1. The summed E-state index contributed by atoms with van der Waals surface area (Å²) in [5.41, 5.74) is 5.45. The smallest absolute Gasteiger partial charge is 0.0256 e. The van der Waals surface area contributed by atoms with Crippen LogP contribution in [0.3, 0.4) is 0 Å². The van der Waals surface area contributed by atoms with E-state index in [1.54, 1.807) is 0 Å². The highest BCUT2D eigenvalue weighted by atomic mass is 15.6. The Balaban J connectivity index is 2.25. The van der Waals surface area contributed by atoms with E-state index < -0.39 is 0 Å². The van der Waals surface area contributed by atoms with Gasteiger partial charge < -0.3 is 5.73 Å². The molecule has 0 saturated carbocycles. The molecule has 10 heavy (non-hydrogen) atoms. The zero-order valence-corrected chi connectivity index (χ0v) is 6.71. The maximum atomic E-state index is 5.45. The maximum Gasteiger partial charge on any atom is 0.0256 e. The molecule has 0 radical (unpaired) electrons. The van der Waals surface area contributed by atoms with Gasteiger partial charge in [0.1, 0.15) is 0 Å². The Labute approximate surface area is 62.8 Å². The van der Waals surface area contributed by atoms with Crippen molar-refractivity contribution in [2.24, 2.45) is 5.73 Å². The second kappa shape index (κ2) is 3.91. The molecule has 3 nitrogen and oxygen atoms in total. The summed E-state index contributed by atoms with van der Waals surface area (Å²) in [5, 5.41) is 4.60. The molecule has 0 aromatic heterocycles. The predicted molar refractivity (Wildman–Crippen MR) is 42.5 cm³/mol. The van der Waals surface area contributed by atoms with Crippen molar-refractivity contribution in [3.8, 4) is 0 Å². The number of nitrogens with zero attached hydrogens (tertiary/aromatic N) is 2. The SMILES string of the molecule is CN1CCCCN1CCN. The Morgan fingerprint density at radius 3 is 2.60 bits per heavy atom. The third-order valence-electron chi connectivity index (χ3n) is 2.02. The molecule has 1 rings (SSSR count). The molecule has 0 spiro atoms. The lowest BCUT2D eigenvalue weighted by Gasteiger charge is -2.35. The van der Waals surface area contributed by atoms with Gasteiger partial charge in [-0.05, 0) is 12.8 Å². The average Bonchev–Trinajstić information content (AvgIpc) is 1.94. The molecule has 1 heterocycles. The molecule has 1 aliphatic heterocycles. The van der Waals surface area contributed by atoms with Crippen LogP contribution in [-0.4, -0.2) is 43.2 Å². The van der Waals surface area contributed by atoms with Crippen LogP contribution in [0, 0.1) is 0 Å². The van der Waals surface area contributed by atoms with Crippen LogP contribution in [0.2, 0.25) is 0 Å². The summed E-state index contributed by atoms with van der Waals surface area (Å²) >= 11 is 0. The fraction of sp³-hybridized carbons (Fsp3) is 1.00. The summed E-state index contributed by atoms with van der Waals surface area (Å²) in [6.45, 7) is 4.16. The minimum Gasteiger partial charge on any atom is -0.329 e. The Morgan fingerprint density at radius 2 is 2.00 bits per heavy atom. The molecule has 0 bridgehead atoms. The van der Waals surface area contributed by atoms with Crippen molar-refractivity contribution < 1.29 is 0 Å². The summed E-state index contributed by atoms with van der Waals surface area (Å²) in [7, 11) is 2.13. The predicted octanol–water partition coefficient (Wildman–Crippen LogP) is -0.112. The van der Waals surface area contributed by atoms with Crippen molar-refractivity contribution in [2.75, 3.05) is 33.2 Å². The van der Waals surface area contributed by atoms with Crippen LogP contribution in [0.15, 0.2) is 0 Å². The minimum absolute atomic E-state index is 0.768. The van der Waals surface area contributed by atoms with Gasteiger partial charge in [0.15, 0.2) is 0 Å². The average molecular weight is 143 g/mol. The lowest BCUT2D eigenvalue weighted by Crippen LogP contribution is -2.46. The summed E-state index contributed by atoms with van der Waals surface area (Å²) in [5.74, 6) is 0. The largest absolute Gasteiger partial charge is 0.329 e. The van der Waals surface area contributed by atoms with Crippen molar-refractivity contribution in [3.63, 3.8) is 0 Å². The standard InChI is InChI=1S/C7H17N3/c1-9-5-2-3-6-10(9)7-4-8/h2-8H2,1H3. The van der Waals surface area contributed by atoms with Crippen LogP contribution >= 0.6 is 0 Å². The van der Waals surface area contributed by atoms with Gasteiger partial charge in [-0.25, -0.2) is 10.0 Å². The Kier molecular flexibility index (Phi) is 3.12. The first-order chi connectivity index (χ1) is 4.84. The van der Waals surface area contributed by atoms with Gasteiger partial charge in [-0.1, -0.05) is 0 Å². The molecule has 60 valence electrons. The zero-order valence-electron chi connectivity index (χ0n) is 6.71. The lowest BCUT2D eigenvalue weighted by molar-refractivity contribution is -0.0239. The topological polar surface area (TPSA) is 32.5 Å². The van der Waals surface area contributed by atoms with E-state index in [0.29, 0.717) is 0 Å². The van der Waals surface area contributed by atoms with Crippen LogP contribution in [0.4, 0.5) is 0 Å². The second-order valence-corrected chi connectivity index (χ2v) is 2.83. The van der Waals surface area contributed by atoms with E-state index in [9.17, 15) is 0 Å². The molecule has 1 fully saturated rings. The number of hydrogen-bond acceptors (Lipinski definition) is 3. The third kappa shape index (κ3) is 1.94. The van der Waals surface area contributed by atoms with Gasteiger partial charge in [-0.2, -0.15) is 0 Å². The van der Waals surface area contributed by atoms with Gasteiger partial charge in [0.2, 0.25) is 0 Å². The van der Waals surface area contributed by atoms with E-state index in [0.717, 1.165) is 13.1 Å². The van der Waals surface area contributed by atoms with E-state index in [1.165, 1.54) is 25.9 Å². The van der Waals surface area contributed by atoms with Crippen LogP contribution in [0.1, 0.15) is 12.8 Å². The molecule has 1 aliphatic rings. The molecule has 0 aliphatic carbocycles. The van der Waals surface area contributed by atoms with Crippen LogP contribution in [0.25, 0.3) is 0 Å². The highest BCUT2D eigenvalue weighted by molar-refractivity contribution is 4.61. The fourth-order valence-corrected chi connectivity index (χ4v) is 1.38. The van der Waals surface area contributed by atoms with Gasteiger partial charge in [0.05, 0.1) is 0 Å². The molecule has 2 N–H and O–H groups in total. The minimum atomic E-state index is 0.768. The van der Waals surface area contributed by atoms with Crippen molar-refractivity contribution in [2.45, 2.75) is 12.8 Å². The Bertz CT molecular complexity index is 92.9. The van der Waals surface area contributed by atoms with Crippen molar-refractivity contribution in [1.82, 2.24) is 10.0 Å². The summed E-state index contributed by atoms with van der Waals surface area (Å²) in [6.07, 6.45) is 2.65. The molecular formula is C7H17N3. The van der Waals surface area contributed by atoms with Crippen molar-refractivity contribution in [1.29, 1.82) is 0 Å². The van der Waals surface area contributed by atoms with Gasteiger partial charge in [0, 0.05) is 33.2 Å². The highest BCUT2D eigenvalue weighted by Crippen LogP contribution is 2.06. The molecule has 1 saturated heterocycles. The maximum absolute atomic E-state index is 5.45.